The van der Waals surface area contributed by atoms with Crippen LogP contribution in [-0.4, -0.2) is 58.1 Å². The Morgan fingerprint density at radius 1 is 0.233 bits per heavy atom. The monoisotopic (exact) mass is 1320 g/mol. The van der Waals surface area contributed by atoms with Gasteiger partial charge in [0, 0.05) is 75.7 Å². The number of imidazole rings is 3. The van der Waals surface area contributed by atoms with Crippen LogP contribution in [0.25, 0.3) is 127 Å². The smallest absolute Gasteiger partial charge is 0.165 e. The van der Waals surface area contributed by atoms with E-state index in [1.54, 1.807) is 0 Å². The fraction of sp³-hybridized carbons (Fsp3) is 0.0440. The first kappa shape index (κ1) is 57.2. The molecule has 4 aliphatic rings. The first-order valence-corrected chi connectivity index (χ1v) is 35.0. The summed E-state index contributed by atoms with van der Waals surface area (Å²) in [6, 6.07) is 94.6. The van der Waals surface area contributed by atoms with Crippen LogP contribution in [0.1, 0.15) is 91.0 Å². The Kier molecular flexibility index (Phi) is 12.4. The van der Waals surface area contributed by atoms with Crippen molar-refractivity contribution >= 4 is 82.8 Å². The van der Waals surface area contributed by atoms with Gasteiger partial charge in [-0.2, -0.15) is 0 Å². The Morgan fingerprint density at radius 3 is 1.00 bits per heavy atom. The van der Waals surface area contributed by atoms with Crippen molar-refractivity contribution in [2.75, 3.05) is 0 Å². The van der Waals surface area contributed by atoms with E-state index in [1.807, 2.05) is 79.8 Å². The predicted octanol–water partition coefficient (Wildman–Crippen LogP) is 19.9. The van der Waals surface area contributed by atoms with Gasteiger partial charge in [0.25, 0.3) is 0 Å². The highest BCUT2D eigenvalue weighted by Crippen LogP contribution is 2.56. The Bertz CT molecular complexity index is 6650. The van der Waals surface area contributed by atoms with Crippen molar-refractivity contribution in [3.63, 3.8) is 0 Å². The second-order valence-corrected chi connectivity index (χ2v) is 27.0. The number of fused-ring (bicyclic) bond motifs is 30. The van der Waals surface area contributed by atoms with E-state index in [2.05, 4.69) is 265 Å². The topological polar surface area (TPSA) is 129 Å². The zero-order valence-corrected chi connectivity index (χ0v) is 55.2. The molecule has 0 aliphatic heterocycles. The molecule has 24 rings (SSSR count). The predicted molar refractivity (Wildman–Crippen MR) is 409 cm³/mol. The maximum absolute atomic E-state index is 5.62. The minimum atomic E-state index is -0.0141. The minimum Gasteiger partial charge on any atom is -0.282 e. The second-order valence-electron chi connectivity index (χ2n) is 27.0. The molecule has 0 unspecified atom stereocenters. The molecule has 0 saturated heterocycles. The molecule has 20 aromatic rings. The largest absolute Gasteiger partial charge is 0.282 e. The third-order valence-corrected chi connectivity index (χ3v) is 21.9. The molecule has 12 heterocycles. The fourth-order valence-electron chi connectivity index (χ4n) is 17.8. The van der Waals surface area contributed by atoms with E-state index in [4.69, 9.17) is 29.9 Å². The van der Waals surface area contributed by atoms with Gasteiger partial charge in [0.2, 0.25) is 0 Å². The summed E-state index contributed by atoms with van der Waals surface area (Å²) in [6.45, 7) is 0. The van der Waals surface area contributed by atoms with Crippen LogP contribution in [0.2, 0.25) is 0 Å². The molecule has 0 bridgehead atoms. The van der Waals surface area contributed by atoms with Crippen LogP contribution in [0.4, 0.5) is 0 Å². The number of hydrogen-bond acceptors (Lipinski definition) is 9. The molecule has 12 nitrogen and oxygen atoms in total. The molecule has 0 spiro atoms. The third kappa shape index (κ3) is 8.31. The standard InChI is InChI=1S/C39H24N4.2C26H16N4/c1-5-15-27-23(11-1)24-12-2-6-16-28(24)33(27)36-37(34-29-17-7-3-13-25(29)26-14-4-8-18-30(26)34)43-38-32(20-10-22-41-38)31-19-9-21-40-35(31)39(43)42-36;1-3-9-18-16(7-1)17-8-2-4-10-19(17)23(18)22-15-30-25-21(12-6-14-28-25)20-11-5-13-27-24(20)26(30)29-22;1-3-9-18-16(7-1)17-8-2-4-10-19(17)23(18)22-15-29-26-24-20(11-5-13-27-24)21-12-6-14-28-25(21)30(22)26/h1-22,33-34H;2*1-15,23H. The molecular formula is C91H56N12. The molecule has 0 saturated carbocycles. The first-order chi connectivity index (χ1) is 51.2. The molecule has 103 heavy (non-hydrogen) atoms. The lowest BCUT2D eigenvalue weighted by Gasteiger charge is -2.20. The highest BCUT2D eigenvalue weighted by molar-refractivity contribution is 6.11. The molecule has 0 atom stereocenters. The molecule has 0 amide bonds. The molecule has 0 N–H and O–H groups in total. The highest BCUT2D eigenvalue weighted by Gasteiger charge is 2.41. The zero-order chi connectivity index (χ0) is 67.4. The van der Waals surface area contributed by atoms with E-state index in [0.29, 0.717) is 0 Å². The molecule has 4 aliphatic carbocycles. The van der Waals surface area contributed by atoms with Crippen LogP contribution in [0.15, 0.2) is 316 Å². The van der Waals surface area contributed by atoms with Crippen molar-refractivity contribution in [2.45, 2.75) is 23.7 Å². The average Bonchev–Trinajstić information content (AvgIpc) is 1.55. The molecule has 480 valence electrons. The van der Waals surface area contributed by atoms with Crippen molar-refractivity contribution in [3.05, 3.63) is 384 Å². The van der Waals surface area contributed by atoms with E-state index in [-0.39, 0.29) is 23.7 Å². The SMILES string of the molecule is c1ccc2c(c1)-c1ccccc1C2c1cn2c3ncccc3c3cccnc3c2n1.c1ccc2c(c1)-c1ccccc1C2c1cnc2c3ncccc3c3cccnc3n12.c1ccc2c(c1)-c1ccccc1C2c1nc2c3ncccc3c3cccnc3n2c1C1c2ccccc2-c2ccccc21. The molecule has 12 heteroatoms. The van der Waals surface area contributed by atoms with Crippen LogP contribution in [0.3, 0.4) is 0 Å². The average molecular weight is 1320 g/mol. The van der Waals surface area contributed by atoms with E-state index < -0.39 is 0 Å². The van der Waals surface area contributed by atoms with Gasteiger partial charge < -0.3 is 0 Å². The van der Waals surface area contributed by atoms with Crippen LogP contribution >= 0.6 is 0 Å². The summed E-state index contributed by atoms with van der Waals surface area (Å²) in [4.78, 5) is 44.4. The number of aromatic nitrogens is 12. The molecule has 12 aromatic heterocycles. The van der Waals surface area contributed by atoms with Crippen molar-refractivity contribution in [3.8, 4) is 44.5 Å². The quantitative estimate of drug-likeness (QED) is 0.158. The van der Waals surface area contributed by atoms with Gasteiger partial charge in [-0.1, -0.05) is 212 Å². The summed E-state index contributed by atoms with van der Waals surface area (Å²) in [5, 5.41) is 6.49. The van der Waals surface area contributed by atoms with Gasteiger partial charge in [0.15, 0.2) is 16.9 Å². The van der Waals surface area contributed by atoms with Crippen LogP contribution in [0.5, 0.6) is 0 Å². The Balaban J connectivity index is 0.0000000999. The van der Waals surface area contributed by atoms with Crippen LogP contribution < -0.4 is 0 Å². The number of rotatable bonds is 4. The van der Waals surface area contributed by atoms with E-state index >= 15 is 0 Å². The summed E-state index contributed by atoms with van der Waals surface area (Å²) in [7, 11) is 0. The summed E-state index contributed by atoms with van der Waals surface area (Å²) >= 11 is 0. The third-order valence-electron chi connectivity index (χ3n) is 21.9. The van der Waals surface area contributed by atoms with Gasteiger partial charge >= 0.3 is 0 Å². The number of nitrogens with zero attached hydrogens (tertiary/aromatic N) is 12. The van der Waals surface area contributed by atoms with E-state index in [1.165, 1.54) is 94.7 Å². The Hall–Kier alpha value is -13.7. The van der Waals surface area contributed by atoms with E-state index in [0.717, 1.165) is 99.8 Å². The van der Waals surface area contributed by atoms with Crippen molar-refractivity contribution in [1.29, 1.82) is 0 Å². The Labute approximate surface area is 589 Å². The summed E-state index contributed by atoms with van der Waals surface area (Å²) in [5.41, 5.74) is 33.1. The lowest BCUT2D eigenvalue weighted by Crippen LogP contribution is -2.11. The molecule has 0 radical (unpaired) electrons. The van der Waals surface area contributed by atoms with Crippen LogP contribution in [-0.2, 0) is 0 Å². The van der Waals surface area contributed by atoms with Crippen molar-refractivity contribution in [2.24, 2.45) is 0 Å². The molecule has 0 fully saturated rings. The summed E-state index contributed by atoms with van der Waals surface area (Å²) < 4.78 is 6.63. The fourth-order valence-corrected chi connectivity index (χ4v) is 17.8. The van der Waals surface area contributed by atoms with Gasteiger partial charge in [-0.3, -0.25) is 28.2 Å². The Morgan fingerprint density at radius 2 is 0.563 bits per heavy atom. The van der Waals surface area contributed by atoms with Gasteiger partial charge in [0.1, 0.15) is 33.5 Å². The molecule has 8 aromatic carbocycles. The van der Waals surface area contributed by atoms with Gasteiger partial charge in [-0.15, -0.1) is 0 Å². The second kappa shape index (κ2) is 22.4. The van der Waals surface area contributed by atoms with Gasteiger partial charge in [0.05, 0.1) is 52.6 Å². The number of hydrogen-bond donors (Lipinski definition) is 0. The first-order valence-electron chi connectivity index (χ1n) is 35.0. The normalized spacial score (nSPS) is 13.5. The maximum atomic E-state index is 5.62. The summed E-state index contributed by atoms with van der Waals surface area (Å²) in [5.74, 6) is 0.192. The lowest BCUT2D eigenvalue weighted by molar-refractivity contribution is 0.864. The van der Waals surface area contributed by atoms with Crippen molar-refractivity contribution in [1.82, 2.24) is 58.1 Å². The van der Waals surface area contributed by atoms with E-state index in [9.17, 15) is 0 Å². The minimum absolute atomic E-state index is 0.0105. The van der Waals surface area contributed by atoms with Gasteiger partial charge in [-0.05, 0) is 144 Å². The summed E-state index contributed by atoms with van der Waals surface area (Å²) in [6.07, 6.45) is 15.3. The highest BCUT2D eigenvalue weighted by atomic mass is 15.1. The lowest BCUT2D eigenvalue weighted by atomic mass is 9.85. The van der Waals surface area contributed by atoms with Crippen LogP contribution in [0, 0.1) is 0 Å². The molecular weight excluding hydrogens is 1260 g/mol. The maximum Gasteiger partial charge on any atom is 0.165 e. The number of benzene rings is 8. The number of pyridine rings is 9. The van der Waals surface area contributed by atoms with Crippen molar-refractivity contribution < 1.29 is 0 Å². The zero-order valence-electron chi connectivity index (χ0n) is 55.2. The van der Waals surface area contributed by atoms with Gasteiger partial charge in [-0.25, -0.2) is 29.9 Å².